The smallest absolute Gasteiger partial charge is 0.406 e. The van der Waals surface area contributed by atoms with Gasteiger partial charge in [0.05, 0.1) is 4.92 Å². The summed E-state index contributed by atoms with van der Waals surface area (Å²) < 4.78 is 40.5. The number of nitrogens with zero attached hydrogens (tertiary/aromatic N) is 3. The van der Waals surface area contributed by atoms with E-state index in [9.17, 15) is 23.3 Å². The number of hydrogen-bond acceptors (Lipinski definition) is 5. The fraction of sp³-hybridized carbons (Fsp3) is 0.368. The lowest BCUT2D eigenvalue weighted by Crippen LogP contribution is -2.45. The SMILES string of the molecule is O=[N+]([O-])c1ccccc1CN1CCN(Cc2ccc(OC(F)(F)F)cc2)CC1. The number of nitro benzene ring substituents is 1. The molecule has 9 heteroatoms. The van der Waals surface area contributed by atoms with Crippen molar-refractivity contribution in [3.05, 3.63) is 69.8 Å². The second-order valence-electron chi connectivity index (χ2n) is 6.63. The van der Waals surface area contributed by atoms with Gasteiger partial charge in [0, 0.05) is 50.9 Å². The van der Waals surface area contributed by atoms with E-state index in [-0.39, 0.29) is 16.4 Å². The Labute approximate surface area is 160 Å². The van der Waals surface area contributed by atoms with Crippen LogP contribution in [0.2, 0.25) is 0 Å². The molecular formula is C19H20F3N3O3. The fourth-order valence-electron chi connectivity index (χ4n) is 3.22. The Balaban J connectivity index is 1.50. The topological polar surface area (TPSA) is 58.9 Å². The highest BCUT2D eigenvalue weighted by atomic mass is 19.4. The second-order valence-corrected chi connectivity index (χ2v) is 6.63. The van der Waals surface area contributed by atoms with E-state index in [1.807, 2.05) is 0 Å². The van der Waals surface area contributed by atoms with Gasteiger partial charge >= 0.3 is 6.36 Å². The van der Waals surface area contributed by atoms with E-state index in [4.69, 9.17) is 0 Å². The van der Waals surface area contributed by atoms with Gasteiger partial charge < -0.3 is 4.74 Å². The molecule has 3 rings (SSSR count). The molecular weight excluding hydrogens is 375 g/mol. The summed E-state index contributed by atoms with van der Waals surface area (Å²) in [6, 6.07) is 12.6. The first-order valence-corrected chi connectivity index (χ1v) is 8.82. The van der Waals surface area contributed by atoms with Gasteiger partial charge in [-0.1, -0.05) is 30.3 Å². The molecule has 1 saturated heterocycles. The van der Waals surface area contributed by atoms with E-state index in [0.717, 1.165) is 31.7 Å². The molecule has 0 amide bonds. The highest BCUT2D eigenvalue weighted by Crippen LogP contribution is 2.24. The van der Waals surface area contributed by atoms with Crippen LogP contribution < -0.4 is 4.74 Å². The van der Waals surface area contributed by atoms with Gasteiger partial charge in [-0.2, -0.15) is 0 Å². The Morgan fingerprint density at radius 2 is 1.50 bits per heavy atom. The molecule has 0 unspecified atom stereocenters. The number of nitro groups is 1. The van der Waals surface area contributed by atoms with Crippen LogP contribution in [0.5, 0.6) is 5.75 Å². The van der Waals surface area contributed by atoms with E-state index in [2.05, 4.69) is 14.5 Å². The van der Waals surface area contributed by atoms with Gasteiger partial charge in [-0.25, -0.2) is 0 Å². The lowest BCUT2D eigenvalue weighted by atomic mass is 10.1. The van der Waals surface area contributed by atoms with Gasteiger partial charge in [0.1, 0.15) is 5.75 Å². The van der Waals surface area contributed by atoms with Crippen LogP contribution in [0.1, 0.15) is 11.1 Å². The van der Waals surface area contributed by atoms with Crippen molar-refractivity contribution in [1.82, 2.24) is 9.80 Å². The molecule has 0 aliphatic carbocycles. The molecule has 1 fully saturated rings. The van der Waals surface area contributed by atoms with E-state index >= 15 is 0 Å². The van der Waals surface area contributed by atoms with E-state index in [1.54, 1.807) is 30.3 Å². The third-order valence-corrected chi connectivity index (χ3v) is 4.61. The average molecular weight is 395 g/mol. The van der Waals surface area contributed by atoms with Crippen LogP contribution in [0.3, 0.4) is 0 Å². The largest absolute Gasteiger partial charge is 0.573 e. The van der Waals surface area contributed by atoms with Crippen LogP contribution >= 0.6 is 0 Å². The highest BCUT2D eigenvalue weighted by molar-refractivity contribution is 5.39. The Hall–Kier alpha value is -2.65. The number of benzene rings is 2. The van der Waals surface area contributed by atoms with Gasteiger partial charge in [-0.05, 0) is 17.7 Å². The van der Waals surface area contributed by atoms with Gasteiger partial charge in [0.25, 0.3) is 5.69 Å². The Morgan fingerprint density at radius 1 is 0.929 bits per heavy atom. The molecule has 1 heterocycles. The summed E-state index contributed by atoms with van der Waals surface area (Å²) in [6.45, 7) is 4.24. The molecule has 0 atom stereocenters. The molecule has 28 heavy (non-hydrogen) atoms. The van der Waals surface area contributed by atoms with Crippen LogP contribution in [0.25, 0.3) is 0 Å². The minimum absolute atomic E-state index is 0.131. The van der Waals surface area contributed by atoms with Crippen LogP contribution in [0.4, 0.5) is 18.9 Å². The number of para-hydroxylation sites is 1. The number of piperazine rings is 1. The molecule has 0 aromatic heterocycles. The van der Waals surface area contributed by atoms with Crippen molar-refractivity contribution in [1.29, 1.82) is 0 Å². The van der Waals surface area contributed by atoms with E-state index in [1.165, 1.54) is 18.2 Å². The molecule has 2 aromatic carbocycles. The number of rotatable bonds is 6. The molecule has 0 N–H and O–H groups in total. The molecule has 1 aliphatic rings. The Kier molecular flexibility index (Phi) is 6.15. The van der Waals surface area contributed by atoms with Crippen molar-refractivity contribution in [2.24, 2.45) is 0 Å². The van der Waals surface area contributed by atoms with Crippen molar-refractivity contribution in [3.8, 4) is 5.75 Å². The van der Waals surface area contributed by atoms with Crippen LogP contribution in [-0.4, -0.2) is 47.3 Å². The maximum atomic E-state index is 12.2. The lowest BCUT2D eigenvalue weighted by Gasteiger charge is -2.34. The van der Waals surface area contributed by atoms with Crippen molar-refractivity contribution in [2.75, 3.05) is 26.2 Å². The highest BCUT2D eigenvalue weighted by Gasteiger charge is 2.31. The molecule has 2 aromatic rings. The van der Waals surface area contributed by atoms with Crippen molar-refractivity contribution >= 4 is 5.69 Å². The van der Waals surface area contributed by atoms with Crippen molar-refractivity contribution < 1.29 is 22.8 Å². The lowest BCUT2D eigenvalue weighted by molar-refractivity contribution is -0.385. The van der Waals surface area contributed by atoms with E-state index in [0.29, 0.717) is 18.7 Å². The molecule has 0 radical (unpaired) electrons. The first-order chi connectivity index (χ1) is 13.3. The standard InChI is InChI=1S/C19H20F3N3O3/c20-19(21,22)28-17-7-5-15(6-8-17)13-23-9-11-24(12-10-23)14-16-3-1-2-4-18(16)25(26)27/h1-8H,9-14H2. The first-order valence-electron chi connectivity index (χ1n) is 8.82. The molecule has 1 aliphatic heterocycles. The molecule has 0 spiro atoms. The predicted molar refractivity (Wildman–Crippen MR) is 96.8 cm³/mol. The minimum Gasteiger partial charge on any atom is -0.406 e. The molecule has 0 saturated carbocycles. The van der Waals surface area contributed by atoms with Gasteiger partial charge in [-0.15, -0.1) is 13.2 Å². The van der Waals surface area contributed by atoms with Gasteiger partial charge in [0.15, 0.2) is 0 Å². The van der Waals surface area contributed by atoms with Crippen molar-refractivity contribution in [3.63, 3.8) is 0 Å². The maximum Gasteiger partial charge on any atom is 0.573 e. The Morgan fingerprint density at radius 3 is 2.07 bits per heavy atom. The number of hydrogen-bond donors (Lipinski definition) is 0. The van der Waals surface area contributed by atoms with Crippen LogP contribution in [0.15, 0.2) is 48.5 Å². The van der Waals surface area contributed by atoms with Crippen LogP contribution in [-0.2, 0) is 13.1 Å². The van der Waals surface area contributed by atoms with Gasteiger partial charge in [-0.3, -0.25) is 19.9 Å². The quantitative estimate of drug-likeness (QED) is 0.550. The zero-order chi connectivity index (χ0) is 20.1. The molecule has 0 bridgehead atoms. The number of ether oxygens (including phenoxy) is 1. The second kappa shape index (κ2) is 8.57. The monoisotopic (exact) mass is 395 g/mol. The van der Waals surface area contributed by atoms with Crippen molar-refractivity contribution in [2.45, 2.75) is 19.5 Å². The zero-order valence-corrected chi connectivity index (χ0v) is 15.1. The summed E-state index contributed by atoms with van der Waals surface area (Å²) in [5.74, 6) is -0.231. The zero-order valence-electron chi connectivity index (χ0n) is 15.1. The summed E-state index contributed by atoms with van der Waals surface area (Å²) in [4.78, 5) is 15.1. The predicted octanol–water partition coefficient (Wildman–Crippen LogP) is 3.81. The van der Waals surface area contributed by atoms with Gasteiger partial charge in [0.2, 0.25) is 0 Å². The minimum atomic E-state index is -4.69. The summed E-state index contributed by atoms with van der Waals surface area (Å²) >= 11 is 0. The first kappa shape index (κ1) is 20.1. The van der Waals surface area contributed by atoms with E-state index < -0.39 is 6.36 Å². The summed E-state index contributed by atoms with van der Waals surface area (Å²) in [7, 11) is 0. The number of alkyl halides is 3. The normalized spacial score (nSPS) is 16.1. The van der Waals surface area contributed by atoms with Crippen LogP contribution in [0, 0.1) is 10.1 Å². The summed E-state index contributed by atoms with van der Waals surface area (Å²) in [6.07, 6.45) is -4.69. The average Bonchev–Trinajstić information content (AvgIpc) is 2.64. The Bertz CT molecular complexity index is 804. The fourth-order valence-corrected chi connectivity index (χ4v) is 3.22. The third kappa shape index (κ3) is 5.67. The molecule has 150 valence electrons. The summed E-state index contributed by atoms with van der Waals surface area (Å²) in [5, 5.41) is 11.1. The summed E-state index contributed by atoms with van der Waals surface area (Å²) in [5.41, 5.74) is 1.73. The third-order valence-electron chi connectivity index (χ3n) is 4.61. The maximum absolute atomic E-state index is 12.2. The molecule has 6 nitrogen and oxygen atoms in total. The number of halogens is 3.